The van der Waals surface area contributed by atoms with Gasteiger partial charge in [-0.15, -0.1) is 11.6 Å². The molecule has 12 heteroatoms. The Balaban J connectivity index is 2.80. The van der Waals surface area contributed by atoms with E-state index >= 15 is 0 Å². The van der Waals surface area contributed by atoms with Gasteiger partial charge in [0.25, 0.3) is 10.3 Å². The Morgan fingerprint density at radius 3 is 2.39 bits per heavy atom. The molecule has 1 rings (SSSR count). The molecular formula is C11H11Cl4NO7. The molecule has 0 bridgehead atoms. The maximum absolute atomic E-state index is 11.8. The summed E-state index contributed by atoms with van der Waals surface area (Å²) in [5.74, 6) is -4.97. The molecule has 0 aromatic rings. The van der Waals surface area contributed by atoms with Gasteiger partial charge in [0.1, 0.15) is 12.0 Å². The molecule has 0 radical (unpaired) electrons. The van der Waals surface area contributed by atoms with Crippen LogP contribution < -0.4 is 5.32 Å². The van der Waals surface area contributed by atoms with Gasteiger partial charge in [0.15, 0.2) is 0 Å². The van der Waals surface area contributed by atoms with Gasteiger partial charge in [-0.05, 0) is 6.92 Å². The van der Waals surface area contributed by atoms with Crippen LogP contribution in [-0.4, -0.2) is 52.4 Å². The third kappa shape index (κ3) is 4.32. The Morgan fingerprint density at radius 1 is 1.39 bits per heavy atom. The van der Waals surface area contributed by atoms with E-state index in [1.807, 2.05) is 0 Å². The molecule has 1 N–H and O–H groups in total. The maximum atomic E-state index is 11.8. The molecule has 3 atom stereocenters. The van der Waals surface area contributed by atoms with Crippen molar-refractivity contribution in [1.29, 1.82) is 0 Å². The second kappa shape index (κ2) is 7.29. The van der Waals surface area contributed by atoms with Gasteiger partial charge in [0, 0.05) is 0 Å². The molecule has 1 heterocycles. The van der Waals surface area contributed by atoms with E-state index in [0.717, 1.165) is 7.11 Å². The largest absolute Gasteiger partial charge is 0.511 e. The van der Waals surface area contributed by atoms with E-state index in [9.17, 15) is 19.2 Å². The lowest BCUT2D eigenvalue weighted by atomic mass is 9.82. The highest BCUT2D eigenvalue weighted by atomic mass is 35.5. The summed E-state index contributed by atoms with van der Waals surface area (Å²) in [7, 11) is 0.972. The molecule has 0 saturated carbocycles. The summed E-state index contributed by atoms with van der Waals surface area (Å²) < 4.78 is 11.5. The first-order chi connectivity index (χ1) is 10.5. The molecule has 130 valence electrons. The minimum atomic E-state index is -2.09. The number of ketones is 1. The molecule has 1 saturated heterocycles. The van der Waals surface area contributed by atoms with Crippen LogP contribution in [0.4, 0.5) is 4.79 Å². The fourth-order valence-electron chi connectivity index (χ4n) is 1.81. The first kappa shape index (κ1) is 20.1. The van der Waals surface area contributed by atoms with Gasteiger partial charge in [0.2, 0.25) is 10.9 Å². The Morgan fingerprint density at radius 2 is 1.96 bits per heavy atom. The van der Waals surface area contributed by atoms with E-state index in [1.165, 1.54) is 6.92 Å². The highest BCUT2D eigenvalue weighted by Gasteiger charge is 2.63. The lowest BCUT2D eigenvalue weighted by Crippen LogP contribution is -2.74. The number of ether oxygens (including phenoxy) is 3. The molecule has 1 aliphatic heterocycles. The van der Waals surface area contributed by atoms with Gasteiger partial charge in [-0.3, -0.25) is 9.59 Å². The van der Waals surface area contributed by atoms with E-state index in [1.54, 1.807) is 0 Å². The molecule has 1 aliphatic rings. The van der Waals surface area contributed by atoms with E-state index in [4.69, 9.17) is 51.1 Å². The van der Waals surface area contributed by atoms with Gasteiger partial charge in [-0.25, -0.2) is 9.59 Å². The molecule has 1 amide bonds. The van der Waals surface area contributed by atoms with Gasteiger partial charge >= 0.3 is 12.1 Å². The zero-order valence-corrected chi connectivity index (χ0v) is 14.8. The number of rotatable bonds is 6. The number of hydrogen-bond acceptors (Lipinski definition) is 7. The first-order valence-electron chi connectivity index (χ1n) is 5.95. The van der Waals surface area contributed by atoms with Crippen molar-refractivity contribution in [2.24, 2.45) is 5.92 Å². The summed E-state index contributed by atoms with van der Waals surface area (Å²) in [5.41, 5.74) is 0. The summed E-state index contributed by atoms with van der Waals surface area (Å²) in [4.78, 5) is 44.2. The maximum Gasteiger partial charge on any atom is 0.511 e. The zero-order valence-electron chi connectivity index (χ0n) is 11.7. The van der Waals surface area contributed by atoms with E-state index in [2.05, 4.69) is 14.8 Å². The summed E-state index contributed by atoms with van der Waals surface area (Å²) in [6.45, 7) is 1.26. The summed E-state index contributed by atoms with van der Waals surface area (Å²) in [6, 6.07) is 0. The van der Waals surface area contributed by atoms with Crippen molar-refractivity contribution < 1.29 is 33.4 Å². The van der Waals surface area contributed by atoms with Gasteiger partial charge in [-0.1, -0.05) is 34.8 Å². The number of nitrogens with one attached hydrogen (secondary N) is 1. The molecule has 3 unspecified atom stereocenters. The van der Waals surface area contributed by atoms with E-state index < -0.39 is 51.2 Å². The standard InChI is InChI=1S/C11H11Cl4NO7/c1-4(22-9(20)23-10(13,14)3-12)5-7(18)16-11(5,15)6(17)8(19)21-2/h4-5H,3H2,1-2H3,(H,16,18). The number of hydrogen-bond donors (Lipinski definition) is 1. The fourth-order valence-corrected chi connectivity index (χ4v) is 2.43. The third-order valence-corrected chi connectivity index (χ3v) is 4.43. The quantitative estimate of drug-likeness (QED) is 0.231. The van der Waals surface area contributed by atoms with Gasteiger partial charge in [0.05, 0.1) is 13.0 Å². The Labute approximate surface area is 150 Å². The molecule has 23 heavy (non-hydrogen) atoms. The van der Waals surface area contributed by atoms with Crippen LogP contribution in [0.2, 0.25) is 0 Å². The van der Waals surface area contributed by atoms with Crippen molar-refractivity contribution in [3.8, 4) is 0 Å². The van der Waals surface area contributed by atoms with Crippen molar-refractivity contribution in [2.75, 3.05) is 13.0 Å². The SMILES string of the molecule is COC(=O)C(=O)C1(Cl)NC(=O)C1C(C)OC(=O)OC(Cl)(Cl)CCl. The number of carbonyl (C=O) groups excluding carboxylic acids is 4. The molecule has 0 aromatic heterocycles. The predicted octanol–water partition coefficient (Wildman–Crippen LogP) is 1.32. The van der Waals surface area contributed by atoms with Crippen LogP contribution in [0.5, 0.6) is 0 Å². The van der Waals surface area contributed by atoms with Gasteiger partial charge in [-0.2, -0.15) is 0 Å². The molecule has 8 nitrogen and oxygen atoms in total. The molecule has 1 fully saturated rings. The van der Waals surface area contributed by atoms with Crippen LogP contribution in [0.1, 0.15) is 6.92 Å². The molecule has 0 aromatic carbocycles. The molecule has 0 spiro atoms. The number of Topliss-reactive ketones (excluding diaryl/α,β-unsaturated/α-hetero) is 1. The van der Waals surface area contributed by atoms with Crippen molar-refractivity contribution in [3.05, 3.63) is 0 Å². The Kier molecular flexibility index (Phi) is 6.37. The minimum Gasteiger partial charge on any atom is -0.463 e. The Bertz CT molecular complexity index is 540. The number of carbonyl (C=O) groups is 4. The number of halogens is 4. The van der Waals surface area contributed by atoms with E-state index in [0.29, 0.717) is 0 Å². The number of alkyl halides is 4. The lowest BCUT2D eigenvalue weighted by molar-refractivity contribution is -0.162. The van der Waals surface area contributed by atoms with Crippen LogP contribution in [-0.2, 0) is 28.6 Å². The number of esters is 1. The summed E-state index contributed by atoms with van der Waals surface area (Å²) >= 11 is 22.3. The summed E-state index contributed by atoms with van der Waals surface area (Å²) in [5, 5.41) is 2.07. The summed E-state index contributed by atoms with van der Waals surface area (Å²) in [6.07, 6.45) is -2.57. The predicted molar refractivity (Wildman–Crippen MR) is 79.4 cm³/mol. The number of amides is 1. The third-order valence-electron chi connectivity index (χ3n) is 2.86. The zero-order chi connectivity index (χ0) is 18.0. The number of methoxy groups -OCH3 is 1. The minimum absolute atomic E-state index is 0.441. The average molecular weight is 411 g/mol. The topological polar surface area (TPSA) is 108 Å². The van der Waals surface area contributed by atoms with Crippen molar-refractivity contribution >= 4 is 70.2 Å². The van der Waals surface area contributed by atoms with Crippen molar-refractivity contribution in [2.45, 2.75) is 22.5 Å². The van der Waals surface area contributed by atoms with Crippen LogP contribution in [0, 0.1) is 5.92 Å². The van der Waals surface area contributed by atoms with Crippen LogP contribution >= 0.6 is 46.4 Å². The first-order valence-corrected chi connectivity index (χ1v) is 7.62. The number of β-lactam (4-membered cyclic amide) rings is 1. The monoisotopic (exact) mass is 409 g/mol. The average Bonchev–Trinajstić information content (AvgIpc) is 2.43. The van der Waals surface area contributed by atoms with Crippen LogP contribution in [0.15, 0.2) is 0 Å². The highest BCUT2D eigenvalue weighted by Crippen LogP contribution is 2.37. The second-order valence-electron chi connectivity index (χ2n) is 4.45. The smallest absolute Gasteiger partial charge is 0.463 e. The molecular weight excluding hydrogens is 400 g/mol. The van der Waals surface area contributed by atoms with Crippen LogP contribution in [0.3, 0.4) is 0 Å². The second-order valence-corrected chi connectivity index (χ2v) is 6.72. The molecule has 0 aliphatic carbocycles. The normalized spacial score (nSPS) is 24.8. The Hall–Kier alpha value is -0.960. The van der Waals surface area contributed by atoms with Crippen molar-refractivity contribution in [3.63, 3.8) is 0 Å². The lowest BCUT2D eigenvalue weighted by Gasteiger charge is -2.44. The van der Waals surface area contributed by atoms with Gasteiger partial charge < -0.3 is 19.5 Å². The fraction of sp³-hybridized carbons (Fsp3) is 0.636. The van der Waals surface area contributed by atoms with Crippen LogP contribution in [0.25, 0.3) is 0 Å². The van der Waals surface area contributed by atoms with Crippen molar-refractivity contribution in [1.82, 2.24) is 5.32 Å². The van der Waals surface area contributed by atoms with E-state index in [-0.39, 0.29) is 0 Å². The highest BCUT2D eigenvalue weighted by molar-refractivity contribution is 6.53.